The maximum absolute atomic E-state index is 11.3. The first-order chi connectivity index (χ1) is 10.7. The Balaban J connectivity index is 3.07. The summed E-state index contributed by atoms with van der Waals surface area (Å²) in [5.41, 5.74) is 0.498. The molecule has 0 saturated carbocycles. The van der Waals surface area contributed by atoms with E-state index < -0.39 is 29.3 Å². The Bertz CT molecular complexity index is 639. The minimum atomic E-state index is -1.17. The van der Waals surface area contributed by atoms with Gasteiger partial charge in [-0.1, -0.05) is 6.07 Å². The lowest BCUT2D eigenvalue weighted by Crippen LogP contribution is -2.25. The molecule has 0 amide bonds. The third kappa shape index (κ3) is 6.48. The van der Waals surface area contributed by atoms with Gasteiger partial charge in [-0.25, -0.2) is 0 Å². The van der Waals surface area contributed by atoms with Gasteiger partial charge < -0.3 is 14.2 Å². The zero-order chi connectivity index (χ0) is 17.6. The largest absolute Gasteiger partial charge is 0.453 e. The molecule has 1 aromatic carbocycles. The van der Waals surface area contributed by atoms with Gasteiger partial charge in [-0.15, -0.1) is 0 Å². The van der Waals surface area contributed by atoms with E-state index in [9.17, 15) is 19.2 Å². The van der Waals surface area contributed by atoms with Gasteiger partial charge in [-0.2, -0.15) is 0 Å². The predicted octanol–water partition coefficient (Wildman–Crippen LogP) is 1.78. The van der Waals surface area contributed by atoms with E-state index in [1.54, 1.807) is 0 Å². The number of hydrogen-bond donors (Lipinski definition) is 0. The Morgan fingerprint density at radius 2 is 1.52 bits per heavy atom. The van der Waals surface area contributed by atoms with E-state index in [0.29, 0.717) is 5.56 Å². The summed E-state index contributed by atoms with van der Waals surface area (Å²) in [5, 5.41) is -0.835. The minimum Gasteiger partial charge on any atom is -0.453 e. The number of hydrogen-bond acceptors (Lipinski definition) is 7. The number of esters is 3. The third-order valence-electron chi connectivity index (χ3n) is 2.50. The maximum Gasteiger partial charge on any atom is 0.308 e. The van der Waals surface area contributed by atoms with Crippen LogP contribution in [0.3, 0.4) is 0 Å². The summed E-state index contributed by atoms with van der Waals surface area (Å²) < 4.78 is 14.7. The SMILES string of the molecule is CC(=O)Oc1ccc(C[C@@H](OC(C)=O)C(=O)Cl)cc1OC(C)=O. The van der Waals surface area contributed by atoms with E-state index in [4.69, 9.17) is 25.8 Å². The van der Waals surface area contributed by atoms with Crippen molar-refractivity contribution in [3.8, 4) is 11.5 Å². The Morgan fingerprint density at radius 1 is 0.957 bits per heavy atom. The van der Waals surface area contributed by atoms with Crippen LogP contribution in [0.25, 0.3) is 0 Å². The van der Waals surface area contributed by atoms with E-state index in [-0.39, 0.29) is 17.9 Å². The van der Waals surface area contributed by atoms with Crippen LogP contribution < -0.4 is 9.47 Å². The Morgan fingerprint density at radius 3 is 2.00 bits per heavy atom. The van der Waals surface area contributed by atoms with Gasteiger partial charge in [0, 0.05) is 27.2 Å². The van der Waals surface area contributed by atoms with Crippen LogP contribution in [0.2, 0.25) is 0 Å². The summed E-state index contributed by atoms with van der Waals surface area (Å²) in [5.74, 6) is -1.78. The van der Waals surface area contributed by atoms with Crippen LogP contribution in [0.1, 0.15) is 26.3 Å². The van der Waals surface area contributed by atoms with Crippen molar-refractivity contribution in [2.24, 2.45) is 0 Å². The summed E-state index contributed by atoms with van der Waals surface area (Å²) in [6, 6.07) is 4.33. The molecule has 0 bridgehead atoms. The normalized spacial score (nSPS) is 11.3. The fraction of sp³-hybridized carbons (Fsp3) is 0.333. The molecule has 0 aliphatic rings. The van der Waals surface area contributed by atoms with Crippen molar-refractivity contribution >= 4 is 34.8 Å². The maximum atomic E-state index is 11.3. The van der Waals surface area contributed by atoms with Crippen LogP contribution in [0.4, 0.5) is 0 Å². The first kappa shape index (κ1) is 18.6. The van der Waals surface area contributed by atoms with Crippen molar-refractivity contribution in [2.45, 2.75) is 33.3 Å². The molecular formula is C15H15ClO7. The van der Waals surface area contributed by atoms with E-state index in [1.807, 2.05) is 0 Å². The van der Waals surface area contributed by atoms with Crippen LogP contribution >= 0.6 is 11.6 Å². The van der Waals surface area contributed by atoms with E-state index in [0.717, 1.165) is 6.92 Å². The summed E-state index contributed by atoms with van der Waals surface area (Å²) >= 11 is 5.39. The highest BCUT2D eigenvalue weighted by Crippen LogP contribution is 2.29. The molecule has 0 aliphatic carbocycles. The van der Waals surface area contributed by atoms with Gasteiger partial charge in [0.05, 0.1) is 0 Å². The topological polar surface area (TPSA) is 96.0 Å². The molecule has 0 fully saturated rings. The molecule has 1 atom stereocenters. The smallest absolute Gasteiger partial charge is 0.308 e. The minimum absolute atomic E-state index is 0.00814. The first-order valence-corrected chi connectivity index (χ1v) is 6.93. The molecule has 1 aromatic rings. The number of carbonyl (C=O) groups is 4. The molecule has 0 N–H and O–H groups in total. The standard InChI is InChI=1S/C15H15ClO7/c1-8(17)21-12-5-4-11(6-13(12)22-9(2)18)7-14(15(16)20)23-10(3)19/h4-6,14H,7H2,1-3H3/t14-/m1/s1. The van der Waals surface area contributed by atoms with Crippen molar-refractivity contribution < 1.29 is 33.4 Å². The fourth-order valence-electron chi connectivity index (χ4n) is 1.74. The van der Waals surface area contributed by atoms with Crippen LogP contribution in [0.15, 0.2) is 18.2 Å². The average Bonchev–Trinajstić information content (AvgIpc) is 2.39. The molecule has 0 unspecified atom stereocenters. The molecule has 0 aliphatic heterocycles. The van der Waals surface area contributed by atoms with E-state index >= 15 is 0 Å². The summed E-state index contributed by atoms with van der Waals surface area (Å²) in [7, 11) is 0. The van der Waals surface area contributed by atoms with Gasteiger partial charge >= 0.3 is 17.9 Å². The van der Waals surface area contributed by atoms with Crippen LogP contribution in [0, 0.1) is 0 Å². The summed E-state index contributed by atoms with van der Waals surface area (Å²) in [4.78, 5) is 44.4. The molecule has 8 heteroatoms. The van der Waals surface area contributed by atoms with Crippen LogP contribution in [-0.4, -0.2) is 29.3 Å². The van der Waals surface area contributed by atoms with Gasteiger partial charge in [-0.05, 0) is 29.3 Å². The van der Waals surface area contributed by atoms with Crippen molar-refractivity contribution in [1.82, 2.24) is 0 Å². The number of halogens is 1. The van der Waals surface area contributed by atoms with E-state index in [1.165, 1.54) is 32.0 Å². The zero-order valence-corrected chi connectivity index (χ0v) is 13.5. The Kier molecular flexibility index (Phi) is 6.71. The molecule has 0 aromatic heterocycles. The number of benzene rings is 1. The molecule has 1 rings (SSSR count). The van der Waals surface area contributed by atoms with Crippen molar-refractivity contribution in [3.63, 3.8) is 0 Å². The van der Waals surface area contributed by atoms with Crippen LogP contribution in [-0.2, 0) is 30.3 Å². The molecule has 0 spiro atoms. The van der Waals surface area contributed by atoms with Crippen molar-refractivity contribution in [1.29, 1.82) is 0 Å². The second kappa shape index (κ2) is 8.28. The molecular weight excluding hydrogens is 328 g/mol. The monoisotopic (exact) mass is 342 g/mol. The summed E-state index contributed by atoms with van der Waals surface area (Å²) in [6.07, 6.45) is -1.18. The lowest BCUT2D eigenvalue weighted by atomic mass is 10.1. The lowest BCUT2D eigenvalue weighted by Gasteiger charge is -2.14. The molecule has 0 radical (unpaired) electrons. The van der Waals surface area contributed by atoms with Gasteiger partial charge in [-0.3, -0.25) is 19.2 Å². The number of rotatable bonds is 6. The fourth-order valence-corrected chi connectivity index (χ4v) is 1.86. The Hall–Kier alpha value is -2.41. The molecule has 124 valence electrons. The van der Waals surface area contributed by atoms with Gasteiger partial charge in [0.1, 0.15) is 0 Å². The first-order valence-electron chi connectivity index (χ1n) is 6.55. The second-order valence-corrected chi connectivity index (χ2v) is 4.95. The van der Waals surface area contributed by atoms with Gasteiger partial charge in [0.2, 0.25) is 0 Å². The number of carbonyl (C=O) groups excluding carboxylic acids is 4. The lowest BCUT2D eigenvalue weighted by molar-refractivity contribution is -0.150. The quantitative estimate of drug-likeness (QED) is 0.441. The van der Waals surface area contributed by atoms with Gasteiger partial charge in [0.15, 0.2) is 17.6 Å². The highest BCUT2D eigenvalue weighted by Gasteiger charge is 2.21. The van der Waals surface area contributed by atoms with Crippen LogP contribution in [0.5, 0.6) is 11.5 Å². The zero-order valence-electron chi connectivity index (χ0n) is 12.8. The highest BCUT2D eigenvalue weighted by molar-refractivity contribution is 6.64. The predicted molar refractivity (Wildman–Crippen MR) is 79.2 cm³/mol. The van der Waals surface area contributed by atoms with Gasteiger partial charge in [0.25, 0.3) is 5.24 Å². The molecule has 0 saturated heterocycles. The second-order valence-electron chi connectivity index (χ2n) is 4.57. The third-order valence-corrected chi connectivity index (χ3v) is 2.74. The van der Waals surface area contributed by atoms with Crippen molar-refractivity contribution in [3.05, 3.63) is 23.8 Å². The molecule has 23 heavy (non-hydrogen) atoms. The highest BCUT2D eigenvalue weighted by atomic mass is 35.5. The number of ether oxygens (including phenoxy) is 3. The van der Waals surface area contributed by atoms with Crippen molar-refractivity contribution in [2.75, 3.05) is 0 Å². The Labute approximate surface area is 137 Å². The molecule has 0 heterocycles. The van der Waals surface area contributed by atoms with E-state index in [2.05, 4.69) is 0 Å². The average molecular weight is 343 g/mol. The molecule has 7 nitrogen and oxygen atoms in total. The summed E-state index contributed by atoms with van der Waals surface area (Å²) in [6.45, 7) is 3.55.